The first-order chi connectivity index (χ1) is 12.1. The van der Waals surface area contributed by atoms with Crippen molar-refractivity contribution in [3.63, 3.8) is 0 Å². The molecule has 0 spiro atoms. The van der Waals surface area contributed by atoms with Crippen molar-refractivity contribution in [2.45, 2.75) is 110 Å². The number of nitrogens with one attached hydrogen (secondary N) is 1. The molecule has 0 heterocycles. The lowest BCUT2D eigenvalue weighted by Gasteiger charge is -2.09. The Morgan fingerprint density at radius 2 is 0.962 bits per heavy atom. The van der Waals surface area contributed by atoms with Crippen LogP contribution in [0.3, 0.4) is 0 Å². The average Bonchev–Trinajstić information content (AvgIpc) is 2.56. The fourth-order valence-electron chi connectivity index (χ4n) is 3.39. The number of rotatable bonds is 20. The van der Waals surface area contributed by atoms with Crippen molar-refractivity contribution in [1.29, 1.82) is 0 Å². The van der Waals surface area contributed by atoms with Crippen LogP contribution in [0, 0.1) is 5.92 Å². The van der Waals surface area contributed by atoms with Crippen LogP contribution in [0.15, 0.2) is 0 Å². The van der Waals surface area contributed by atoms with Gasteiger partial charge in [-0.25, -0.2) is 0 Å². The van der Waals surface area contributed by atoms with Gasteiger partial charge in [0.05, 0.1) is 0 Å². The van der Waals surface area contributed by atoms with Crippen LogP contribution in [0.4, 0.5) is 0 Å². The van der Waals surface area contributed by atoms with Crippen LogP contribution in [0.2, 0.25) is 0 Å². The smallest absolute Gasteiger partial charge is 0.00127 e. The molecular formula is C23H51ClN2. The molecule has 0 aromatic carbocycles. The zero-order valence-electron chi connectivity index (χ0n) is 18.7. The number of nitrogens with zero attached hydrogens (tertiary/aromatic N) is 1. The van der Waals surface area contributed by atoms with Crippen molar-refractivity contribution in [2.75, 3.05) is 33.7 Å². The fourth-order valence-corrected chi connectivity index (χ4v) is 3.39. The SMILES string of the molecule is CC(C)CCCCCCCCCCCCCCCNCCCN(C)C.Cl. The van der Waals surface area contributed by atoms with Crippen molar-refractivity contribution < 1.29 is 0 Å². The van der Waals surface area contributed by atoms with Gasteiger partial charge in [0, 0.05) is 0 Å². The van der Waals surface area contributed by atoms with Gasteiger partial charge in [-0.1, -0.05) is 97.3 Å². The maximum absolute atomic E-state index is 3.56. The van der Waals surface area contributed by atoms with Gasteiger partial charge in [-0.2, -0.15) is 0 Å². The third-order valence-corrected chi connectivity index (χ3v) is 5.09. The van der Waals surface area contributed by atoms with Gasteiger partial charge in [0.25, 0.3) is 0 Å². The van der Waals surface area contributed by atoms with Crippen molar-refractivity contribution in [1.82, 2.24) is 10.2 Å². The molecule has 0 aromatic heterocycles. The van der Waals surface area contributed by atoms with E-state index in [2.05, 4.69) is 38.2 Å². The van der Waals surface area contributed by atoms with E-state index in [1.54, 1.807) is 0 Å². The van der Waals surface area contributed by atoms with E-state index in [4.69, 9.17) is 0 Å². The van der Waals surface area contributed by atoms with Gasteiger partial charge in [-0.3, -0.25) is 0 Å². The van der Waals surface area contributed by atoms with Gasteiger partial charge in [0.2, 0.25) is 0 Å². The second-order valence-corrected chi connectivity index (χ2v) is 8.69. The monoisotopic (exact) mass is 390 g/mol. The Balaban J connectivity index is 0. The molecule has 2 nitrogen and oxygen atoms in total. The van der Waals surface area contributed by atoms with Crippen molar-refractivity contribution in [3.8, 4) is 0 Å². The Hall–Kier alpha value is 0.210. The summed E-state index contributed by atoms with van der Waals surface area (Å²) in [6.07, 6.45) is 21.6. The predicted octanol–water partition coefficient (Wildman–Crippen LogP) is 7.07. The Kier molecular flexibility index (Phi) is 25.4. The first-order valence-electron chi connectivity index (χ1n) is 11.5. The molecular weight excluding hydrogens is 340 g/mol. The maximum atomic E-state index is 3.56. The second-order valence-electron chi connectivity index (χ2n) is 8.69. The summed E-state index contributed by atoms with van der Waals surface area (Å²) in [5.74, 6) is 0.893. The topological polar surface area (TPSA) is 15.3 Å². The lowest BCUT2D eigenvalue weighted by Crippen LogP contribution is -2.22. The number of halogens is 1. The zero-order chi connectivity index (χ0) is 18.6. The normalized spacial score (nSPS) is 11.3. The molecule has 26 heavy (non-hydrogen) atoms. The summed E-state index contributed by atoms with van der Waals surface area (Å²) in [6.45, 7) is 8.26. The number of unbranched alkanes of at least 4 members (excludes halogenated alkanes) is 12. The molecule has 0 aliphatic rings. The molecule has 0 aliphatic heterocycles. The van der Waals surface area contributed by atoms with E-state index in [1.165, 1.54) is 116 Å². The van der Waals surface area contributed by atoms with Crippen LogP contribution >= 0.6 is 12.4 Å². The zero-order valence-corrected chi connectivity index (χ0v) is 19.5. The Bertz CT molecular complexity index is 220. The van der Waals surface area contributed by atoms with E-state index in [0.717, 1.165) is 5.92 Å². The van der Waals surface area contributed by atoms with Crippen LogP contribution in [-0.2, 0) is 0 Å². The van der Waals surface area contributed by atoms with E-state index < -0.39 is 0 Å². The minimum atomic E-state index is 0. The molecule has 0 bridgehead atoms. The summed E-state index contributed by atoms with van der Waals surface area (Å²) in [5, 5.41) is 3.56. The van der Waals surface area contributed by atoms with E-state index in [-0.39, 0.29) is 12.4 Å². The minimum Gasteiger partial charge on any atom is -0.317 e. The summed E-state index contributed by atoms with van der Waals surface area (Å²) < 4.78 is 0. The second kappa shape index (κ2) is 23.2. The number of hydrogen-bond acceptors (Lipinski definition) is 2. The molecule has 0 saturated carbocycles. The quantitative estimate of drug-likeness (QED) is 0.223. The van der Waals surface area contributed by atoms with Crippen LogP contribution in [0.1, 0.15) is 110 Å². The third-order valence-electron chi connectivity index (χ3n) is 5.09. The van der Waals surface area contributed by atoms with Gasteiger partial charge >= 0.3 is 0 Å². The lowest BCUT2D eigenvalue weighted by molar-refractivity contribution is 0.393. The van der Waals surface area contributed by atoms with E-state index in [9.17, 15) is 0 Å². The molecule has 0 radical (unpaired) electrons. The highest BCUT2D eigenvalue weighted by atomic mass is 35.5. The van der Waals surface area contributed by atoms with E-state index in [1.807, 2.05) is 0 Å². The van der Waals surface area contributed by atoms with Crippen LogP contribution in [0.5, 0.6) is 0 Å². The Labute approximate surface area is 172 Å². The fraction of sp³-hybridized carbons (Fsp3) is 1.00. The first-order valence-corrected chi connectivity index (χ1v) is 11.5. The molecule has 0 aromatic rings. The number of hydrogen-bond donors (Lipinski definition) is 1. The molecule has 0 saturated heterocycles. The molecule has 0 atom stereocenters. The third kappa shape index (κ3) is 26.4. The van der Waals surface area contributed by atoms with Gasteiger partial charge in [0.15, 0.2) is 0 Å². The lowest BCUT2D eigenvalue weighted by atomic mass is 10.0. The van der Waals surface area contributed by atoms with Crippen LogP contribution in [0.25, 0.3) is 0 Å². The molecule has 0 fully saturated rings. The molecule has 0 amide bonds. The van der Waals surface area contributed by atoms with Gasteiger partial charge in [-0.05, 0) is 52.5 Å². The predicted molar refractivity (Wildman–Crippen MR) is 123 cm³/mol. The first kappa shape index (κ1) is 28.4. The minimum absolute atomic E-state index is 0. The van der Waals surface area contributed by atoms with E-state index in [0.29, 0.717) is 0 Å². The average molecular weight is 391 g/mol. The maximum Gasteiger partial charge on any atom is -0.00127 e. The standard InChI is InChI=1S/C23H50N2.ClH/c1-23(2)19-16-14-12-10-8-6-5-7-9-11-13-15-17-20-24-21-18-22-25(3)4;/h23-24H,5-22H2,1-4H3;1H. The molecule has 160 valence electrons. The van der Waals surface area contributed by atoms with Gasteiger partial charge in [-0.15, -0.1) is 12.4 Å². The summed E-state index contributed by atoms with van der Waals surface area (Å²) in [6, 6.07) is 0. The molecule has 0 rings (SSSR count). The highest BCUT2D eigenvalue weighted by Gasteiger charge is 1.96. The molecule has 3 heteroatoms. The molecule has 0 unspecified atom stereocenters. The largest absolute Gasteiger partial charge is 0.317 e. The Morgan fingerprint density at radius 3 is 1.38 bits per heavy atom. The molecule has 1 N–H and O–H groups in total. The Morgan fingerprint density at radius 1 is 0.577 bits per heavy atom. The van der Waals surface area contributed by atoms with Crippen molar-refractivity contribution in [2.24, 2.45) is 5.92 Å². The highest BCUT2D eigenvalue weighted by Crippen LogP contribution is 2.14. The highest BCUT2D eigenvalue weighted by molar-refractivity contribution is 5.85. The van der Waals surface area contributed by atoms with Gasteiger partial charge < -0.3 is 10.2 Å². The van der Waals surface area contributed by atoms with Gasteiger partial charge in [0.1, 0.15) is 0 Å². The van der Waals surface area contributed by atoms with Crippen molar-refractivity contribution in [3.05, 3.63) is 0 Å². The summed E-state index contributed by atoms with van der Waals surface area (Å²) >= 11 is 0. The summed E-state index contributed by atoms with van der Waals surface area (Å²) in [5.41, 5.74) is 0. The van der Waals surface area contributed by atoms with Crippen LogP contribution in [-0.4, -0.2) is 38.6 Å². The summed E-state index contributed by atoms with van der Waals surface area (Å²) in [7, 11) is 4.30. The van der Waals surface area contributed by atoms with E-state index >= 15 is 0 Å². The van der Waals surface area contributed by atoms with Crippen LogP contribution < -0.4 is 5.32 Å². The van der Waals surface area contributed by atoms with Crippen molar-refractivity contribution >= 4 is 12.4 Å². The summed E-state index contributed by atoms with van der Waals surface area (Å²) in [4.78, 5) is 2.26. The molecule has 0 aliphatic carbocycles.